The molecule has 1 unspecified atom stereocenters. The maximum absolute atomic E-state index is 11.4. The summed E-state index contributed by atoms with van der Waals surface area (Å²) in [4.78, 5) is 12.9. The predicted octanol–water partition coefficient (Wildman–Crippen LogP) is -0.935. The molecule has 0 aromatic carbocycles. The molecule has 0 aliphatic carbocycles. The Kier molecular flexibility index (Phi) is 6.48. The minimum absolute atomic E-state index is 0.126. The summed E-state index contributed by atoms with van der Waals surface area (Å²) in [6.07, 6.45) is 0. The number of nitrogens with zero attached hydrogens (tertiary/aromatic N) is 1. The number of likely N-dealkylation sites (N-methyl/N-ethyl adjacent to an activating group) is 1. The van der Waals surface area contributed by atoms with Gasteiger partial charge in [-0.25, -0.2) is 0 Å². The zero-order valence-corrected chi connectivity index (χ0v) is 8.45. The van der Waals surface area contributed by atoms with Crippen molar-refractivity contribution >= 4 is 5.91 Å². The van der Waals surface area contributed by atoms with Crippen LogP contribution in [0.5, 0.6) is 0 Å². The van der Waals surface area contributed by atoms with E-state index in [1.54, 1.807) is 14.2 Å². The van der Waals surface area contributed by atoms with Crippen LogP contribution in [0.4, 0.5) is 0 Å². The molecule has 0 heterocycles. The van der Waals surface area contributed by atoms with Crippen LogP contribution >= 0.6 is 0 Å². The van der Waals surface area contributed by atoms with Gasteiger partial charge in [0, 0.05) is 27.8 Å². The van der Waals surface area contributed by atoms with Crippen LogP contribution in [0.15, 0.2) is 0 Å². The Morgan fingerprint density at radius 2 is 2.08 bits per heavy atom. The van der Waals surface area contributed by atoms with E-state index in [2.05, 4.69) is 0 Å². The van der Waals surface area contributed by atoms with Crippen molar-refractivity contribution in [2.75, 3.05) is 41.0 Å². The first-order valence-corrected chi connectivity index (χ1v) is 4.12. The molecule has 0 bridgehead atoms. The van der Waals surface area contributed by atoms with Gasteiger partial charge in [0.05, 0.1) is 13.2 Å². The highest BCUT2D eigenvalue weighted by Crippen LogP contribution is 1.90. The molecule has 0 aliphatic rings. The highest BCUT2D eigenvalue weighted by Gasteiger charge is 2.16. The molecule has 5 heteroatoms. The van der Waals surface area contributed by atoms with Gasteiger partial charge in [-0.15, -0.1) is 0 Å². The third kappa shape index (κ3) is 4.82. The summed E-state index contributed by atoms with van der Waals surface area (Å²) in [6.45, 7) is 1.31. The second-order valence-electron chi connectivity index (χ2n) is 2.81. The number of carbonyl (C=O) groups excluding carboxylic acids is 1. The molecular weight excluding hydrogens is 172 g/mol. The first-order chi connectivity index (χ1) is 6.13. The fourth-order valence-corrected chi connectivity index (χ4v) is 0.872. The van der Waals surface area contributed by atoms with Crippen LogP contribution in [0.25, 0.3) is 0 Å². The van der Waals surface area contributed by atoms with Gasteiger partial charge in [-0.2, -0.15) is 0 Å². The number of nitrogens with two attached hydrogens (primary N) is 1. The van der Waals surface area contributed by atoms with E-state index in [9.17, 15) is 4.79 Å². The topological polar surface area (TPSA) is 64.8 Å². The highest BCUT2D eigenvalue weighted by molar-refractivity contribution is 5.81. The van der Waals surface area contributed by atoms with Gasteiger partial charge >= 0.3 is 0 Å². The van der Waals surface area contributed by atoms with Gasteiger partial charge in [0.1, 0.15) is 6.04 Å². The Morgan fingerprint density at radius 1 is 1.46 bits per heavy atom. The average Bonchev–Trinajstić information content (AvgIpc) is 2.13. The third-order valence-corrected chi connectivity index (χ3v) is 1.67. The summed E-state index contributed by atoms with van der Waals surface area (Å²) in [5.74, 6) is -0.126. The van der Waals surface area contributed by atoms with E-state index in [-0.39, 0.29) is 12.5 Å². The quantitative estimate of drug-likeness (QED) is 0.587. The molecule has 0 radical (unpaired) electrons. The summed E-state index contributed by atoms with van der Waals surface area (Å²) in [7, 11) is 4.80. The van der Waals surface area contributed by atoms with E-state index in [1.807, 2.05) is 0 Å². The number of ether oxygens (including phenoxy) is 2. The Labute approximate surface area is 78.8 Å². The van der Waals surface area contributed by atoms with E-state index >= 15 is 0 Å². The summed E-state index contributed by atoms with van der Waals surface area (Å²) in [6, 6.07) is -0.577. The molecule has 13 heavy (non-hydrogen) atoms. The zero-order chi connectivity index (χ0) is 10.3. The molecular formula is C8H18N2O3. The van der Waals surface area contributed by atoms with Crippen molar-refractivity contribution in [1.29, 1.82) is 0 Å². The molecule has 0 saturated heterocycles. The van der Waals surface area contributed by atoms with Crippen molar-refractivity contribution in [3.8, 4) is 0 Å². The van der Waals surface area contributed by atoms with Crippen LogP contribution in [-0.4, -0.2) is 57.9 Å². The van der Waals surface area contributed by atoms with E-state index in [1.165, 1.54) is 12.0 Å². The van der Waals surface area contributed by atoms with E-state index in [0.717, 1.165) is 0 Å². The van der Waals surface area contributed by atoms with Crippen LogP contribution in [0.1, 0.15) is 0 Å². The molecule has 0 aliphatic heterocycles. The minimum Gasteiger partial charge on any atom is -0.383 e. The van der Waals surface area contributed by atoms with Gasteiger partial charge in [0.25, 0.3) is 0 Å². The molecule has 0 saturated carbocycles. The molecule has 1 atom stereocenters. The fraction of sp³-hybridized carbons (Fsp3) is 0.875. The van der Waals surface area contributed by atoms with Gasteiger partial charge in [0.2, 0.25) is 5.91 Å². The molecule has 5 nitrogen and oxygen atoms in total. The lowest BCUT2D eigenvalue weighted by atomic mass is 10.3. The Morgan fingerprint density at radius 3 is 2.54 bits per heavy atom. The van der Waals surface area contributed by atoms with Gasteiger partial charge in [-0.1, -0.05) is 0 Å². The smallest absolute Gasteiger partial charge is 0.241 e. The van der Waals surface area contributed by atoms with Crippen LogP contribution in [-0.2, 0) is 14.3 Å². The third-order valence-electron chi connectivity index (χ3n) is 1.67. The van der Waals surface area contributed by atoms with E-state index < -0.39 is 6.04 Å². The normalized spacial score (nSPS) is 12.6. The summed E-state index contributed by atoms with van der Waals surface area (Å²) < 4.78 is 9.61. The first kappa shape index (κ1) is 12.3. The number of methoxy groups -OCH3 is 2. The fourth-order valence-electron chi connectivity index (χ4n) is 0.872. The standard InChI is InChI=1S/C8H18N2O3/c1-10(4-5-12-2)8(11)7(9)6-13-3/h7H,4-6,9H2,1-3H3. The minimum atomic E-state index is -0.577. The number of hydrogen-bond acceptors (Lipinski definition) is 4. The highest BCUT2D eigenvalue weighted by atomic mass is 16.5. The van der Waals surface area contributed by atoms with Gasteiger partial charge in [0.15, 0.2) is 0 Å². The van der Waals surface area contributed by atoms with Crippen LogP contribution in [0.3, 0.4) is 0 Å². The number of carbonyl (C=O) groups is 1. The number of hydrogen-bond donors (Lipinski definition) is 1. The van der Waals surface area contributed by atoms with Crippen LogP contribution < -0.4 is 5.73 Å². The molecule has 0 aromatic heterocycles. The van der Waals surface area contributed by atoms with Crippen molar-refractivity contribution in [3.05, 3.63) is 0 Å². The SMILES string of the molecule is COCCN(C)C(=O)C(N)COC. The lowest BCUT2D eigenvalue weighted by Crippen LogP contribution is -2.45. The van der Waals surface area contributed by atoms with E-state index in [4.69, 9.17) is 15.2 Å². The molecule has 2 N–H and O–H groups in total. The van der Waals surface area contributed by atoms with E-state index in [0.29, 0.717) is 13.2 Å². The number of rotatable bonds is 6. The predicted molar refractivity (Wildman–Crippen MR) is 49.4 cm³/mol. The molecule has 0 rings (SSSR count). The molecule has 0 spiro atoms. The Bertz CT molecular complexity index is 152. The second-order valence-corrected chi connectivity index (χ2v) is 2.81. The zero-order valence-electron chi connectivity index (χ0n) is 8.45. The van der Waals surface area contributed by atoms with Gasteiger partial charge < -0.3 is 20.1 Å². The van der Waals surface area contributed by atoms with Crippen LogP contribution in [0.2, 0.25) is 0 Å². The molecule has 1 amide bonds. The summed E-state index contributed by atoms with van der Waals surface area (Å²) in [5.41, 5.74) is 5.54. The van der Waals surface area contributed by atoms with Crippen molar-refractivity contribution in [3.63, 3.8) is 0 Å². The lowest BCUT2D eigenvalue weighted by molar-refractivity contribution is -0.133. The average molecular weight is 190 g/mol. The van der Waals surface area contributed by atoms with Crippen LogP contribution in [0, 0.1) is 0 Å². The summed E-state index contributed by atoms with van der Waals surface area (Å²) in [5, 5.41) is 0. The Hall–Kier alpha value is -0.650. The largest absolute Gasteiger partial charge is 0.383 e. The maximum atomic E-state index is 11.4. The van der Waals surface area contributed by atoms with Gasteiger partial charge in [-0.3, -0.25) is 4.79 Å². The van der Waals surface area contributed by atoms with Crippen molar-refractivity contribution < 1.29 is 14.3 Å². The van der Waals surface area contributed by atoms with Crippen molar-refractivity contribution in [1.82, 2.24) is 4.90 Å². The second kappa shape index (κ2) is 6.82. The molecule has 0 fully saturated rings. The van der Waals surface area contributed by atoms with Crippen molar-refractivity contribution in [2.45, 2.75) is 6.04 Å². The number of amides is 1. The Balaban J connectivity index is 3.79. The molecule has 78 valence electrons. The first-order valence-electron chi connectivity index (χ1n) is 4.12. The maximum Gasteiger partial charge on any atom is 0.241 e. The van der Waals surface area contributed by atoms with Gasteiger partial charge in [-0.05, 0) is 0 Å². The monoisotopic (exact) mass is 190 g/mol. The van der Waals surface area contributed by atoms with Crippen molar-refractivity contribution in [2.24, 2.45) is 5.73 Å². The molecule has 0 aromatic rings. The summed E-state index contributed by atoms with van der Waals surface area (Å²) >= 11 is 0. The lowest BCUT2D eigenvalue weighted by Gasteiger charge is -2.20.